The van der Waals surface area contributed by atoms with Gasteiger partial charge in [-0.25, -0.2) is 4.98 Å². The molecule has 3 nitrogen and oxygen atoms in total. The minimum Gasteiger partial charge on any atom is -0.333 e. The molecule has 1 aromatic heterocycles. The average molecular weight is 272 g/mol. The minimum absolute atomic E-state index is 0.583. The van der Waals surface area contributed by atoms with Crippen molar-refractivity contribution >= 4 is 21.6 Å². The molecule has 2 atom stereocenters. The topological polar surface area (TPSA) is 41.1 Å². The highest BCUT2D eigenvalue weighted by atomic mass is 32.1. The van der Waals surface area contributed by atoms with E-state index in [1.165, 1.54) is 29.1 Å². The van der Waals surface area contributed by atoms with Gasteiger partial charge in [0.25, 0.3) is 0 Å². The summed E-state index contributed by atoms with van der Waals surface area (Å²) < 4.78 is 1.29. The number of hydrogen-bond donors (Lipinski definition) is 1. The quantitative estimate of drug-likeness (QED) is 0.928. The number of rotatable bonds is 3. The van der Waals surface area contributed by atoms with Crippen molar-refractivity contribution in [3.8, 4) is 6.07 Å². The van der Waals surface area contributed by atoms with Crippen molar-refractivity contribution in [1.82, 2.24) is 4.98 Å². The van der Waals surface area contributed by atoms with Crippen LogP contribution in [0.5, 0.6) is 0 Å². The molecule has 2 heterocycles. The van der Waals surface area contributed by atoms with Gasteiger partial charge in [0.1, 0.15) is 5.01 Å². The Balaban J connectivity index is 1.75. The molecule has 0 amide bonds. The van der Waals surface area contributed by atoms with Gasteiger partial charge in [-0.05, 0) is 25.0 Å². The molecule has 3 rings (SSSR count). The number of thiazole rings is 1. The predicted octanol–water partition coefficient (Wildman–Crippen LogP) is 1.97. The highest BCUT2D eigenvalue weighted by Gasteiger charge is 2.26. The second-order valence-corrected chi connectivity index (χ2v) is 6.28. The summed E-state index contributed by atoms with van der Waals surface area (Å²) >= 11 is 1.84. The van der Waals surface area contributed by atoms with E-state index in [9.17, 15) is 0 Å². The Kier molecular flexibility index (Phi) is 3.77. The van der Waals surface area contributed by atoms with Gasteiger partial charge in [-0.2, -0.15) is 5.26 Å². The van der Waals surface area contributed by atoms with E-state index in [4.69, 9.17) is 10.2 Å². The fourth-order valence-corrected chi connectivity index (χ4v) is 3.99. The van der Waals surface area contributed by atoms with Gasteiger partial charge in [0.15, 0.2) is 0 Å². The maximum Gasteiger partial charge on any atom is 0.103 e. The summed E-state index contributed by atoms with van der Waals surface area (Å²) in [6.07, 6.45) is 3.17. The lowest BCUT2D eigenvalue weighted by Crippen LogP contribution is -3.13. The number of aromatic nitrogens is 1. The fourth-order valence-electron chi connectivity index (χ4n) is 2.89. The first-order valence-electron chi connectivity index (χ1n) is 6.93. The summed E-state index contributed by atoms with van der Waals surface area (Å²) in [5.41, 5.74) is 1.13. The minimum atomic E-state index is 0.583. The van der Waals surface area contributed by atoms with Crippen molar-refractivity contribution < 1.29 is 4.90 Å². The lowest BCUT2D eigenvalue weighted by molar-refractivity contribution is -0.905. The van der Waals surface area contributed by atoms with E-state index >= 15 is 0 Å². The zero-order valence-corrected chi connectivity index (χ0v) is 11.7. The van der Waals surface area contributed by atoms with Crippen molar-refractivity contribution in [3.05, 3.63) is 29.3 Å². The third kappa shape index (κ3) is 2.78. The van der Waals surface area contributed by atoms with Gasteiger partial charge in [-0.3, -0.25) is 0 Å². The number of benzene rings is 1. The van der Waals surface area contributed by atoms with Crippen LogP contribution in [0.2, 0.25) is 0 Å². The number of hydrogen-bond acceptors (Lipinski definition) is 3. The van der Waals surface area contributed by atoms with Gasteiger partial charge < -0.3 is 4.90 Å². The fraction of sp³-hybridized carbons (Fsp3) is 0.467. The first-order chi connectivity index (χ1) is 9.36. The van der Waals surface area contributed by atoms with Crippen molar-refractivity contribution in [3.63, 3.8) is 0 Å². The van der Waals surface area contributed by atoms with Crippen LogP contribution in [0.4, 0.5) is 0 Å². The van der Waals surface area contributed by atoms with Crippen LogP contribution in [0.15, 0.2) is 24.3 Å². The standard InChI is InChI=1S/C15H17N3S/c16-8-4-10-18-9-3-5-12(11-18)15-17-13-6-1-2-7-14(13)19-15/h1-2,6-7,12H,3-5,9-11H2/p+1/t12-/m0/s1. The third-order valence-corrected chi connectivity index (χ3v) is 5.07. The molecule has 1 fully saturated rings. The Morgan fingerprint density at radius 3 is 3.16 bits per heavy atom. The number of likely N-dealkylation sites (tertiary alicyclic amines) is 1. The number of para-hydroxylation sites is 1. The molecule has 1 N–H and O–H groups in total. The van der Waals surface area contributed by atoms with Crippen LogP contribution < -0.4 is 4.90 Å². The van der Waals surface area contributed by atoms with Gasteiger partial charge in [-0.1, -0.05) is 12.1 Å². The summed E-state index contributed by atoms with van der Waals surface area (Å²) in [5, 5.41) is 9.99. The molecule has 98 valence electrons. The van der Waals surface area contributed by atoms with Crippen LogP contribution >= 0.6 is 11.3 Å². The van der Waals surface area contributed by atoms with Gasteiger partial charge in [0, 0.05) is 0 Å². The average Bonchev–Trinajstić information content (AvgIpc) is 2.89. The normalized spacial score (nSPS) is 23.3. The Bertz CT molecular complexity index is 566. The number of nitriles is 1. The van der Waals surface area contributed by atoms with E-state index in [1.807, 2.05) is 11.3 Å². The van der Waals surface area contributed by atoms with Crippen molar-refractivity contribution in [1.29, 1.82) is 5.26 Å². The molecule has 4 heteroatoms. The summed E-state index contributed by atoms with van der Waals surface area (Å²) in [6, 6.07) is 10.6. The van der Waals surface area contributed by atoms with Crippen LogP contribution in [0, 0.1) is 11.3 Å². The summed E-state index contributed by atoms with van der Waals surface area (Å²) in [7, 11) is 0. The summed E-state index contributed by atoms with van der Waals surface area (Å²) in [5.74, 6) is 0.583. The Morgan fingerprint density at radius 2 is 2.32 bits per heavy atom. The van der Waals surface area contributed by atoms with Crippen molar-refractivity contribution in [2.45, 2.75) is 25.2 Å². The van der Waals surface area contributed by atoms with Crippen LogP contribution in [-0.2, 0) is 0 Å². The first kappa shape index (κ1) is 12.6. The predicted molar refractivity (Wildman–Crippen MR) is 77.4 cm³/mol. The number of piperidine rings is 1. The SMILES string of the molecule is N#CCC[NH+]1CCC[C@H](c2nc3ccccc3s2)C1. The lowest BCUT2D eigenvalue weighted by Gasteiger charge is -2.28. The number of nitrogens with one attached hydrogen (secondary N) is 1. The second-order valence-electron chi connectivity index (χ2n) is 5.22. The third-order valence-electron chi connectivity index (χ3n) is 3.87. The molecule has 0 bridgehead atoms. The van der Waals surface area contributed by atoms with Crippen LogP contribution in [-0.4, -0.2) is 24.6 Å². The Hall–Kier alpha value is -1.44. The highest BCUT2D eigenvalue weighted by Crippen LogP contribution is 2.30. The summed E-state index contributed by atoms with van der Waals surface area (Å²) in [6.45, 7) is 3.34. The molecule has 1 aliphatic heterocycles. The van der Waals surface area contributed by atoms with E-state index in [2.05, 4.69) is 30.3 Å². The molecule has 0 saturated carbocycles. The molecule has 19 heavy (non-hydrogen) atoms. The smallest absolute Gasteiger partial charge is 0.103 e. The molecule has 1 unspecified atom stereocenters. The second kappa shape index (κ2) is 5.68. The number of fused-ring (bicyclic) bond motifs is 1. The zero-order valence-electron chi connectivity index (χ0n) is 10.9. The van der Waals surface area contributed by atoms with Gasteiger partial charge >= 0.3 is 0 Å². The largest absolute Gasteiger partial charge is 0.333 e. The lowest BCUT2D eigenvalue weighted by atomic mass is 9.98. The van der Waals surface area contributed by atoms with Crippen molar-refractivity contribution in [2.75, 3.05) is 19.6 Å². The summed E-state index contributed by atoms with van der Waals surface area (Å²) in [4.78, 5) is 6.36. The molecule has 1 aliphatic rings. The molecule has 2 aromatic rings. The van der Waals surface area contributed by atoms with Crippen molar-refractivity contribution in [2.24, 2.45) is 0 Å². The van der Waals surface area contributed by atoms with E-state index in [1.54, 1.807) is 4.90 Å². The molecule has 0 aliphatic carbocycles. The van der Waals surface area contributed by atoms with Crippen LogP contribution in [0.1, 0.15) is 30.2 Å². The molecule has 0 radical (unpaired) electrons. The highest BCUT2D eigenvalue weighted by molar-refractivity contribution is 7.18. The molecule has 1 aromatic carbocycles. The maximum atomic E-state index is 8.70. The van der Waals surface area contributed by atoms with E-state index < -0.39 is 0 Å². The van der Waals surface area contributed by atoms with Gasteiger partial charge in [0.2, 0.25) is 0 Å². The molecular weight excluding hydrogens is 254 g/mol. The van der Waals surface area contributed by atoms with Crippen LogP contribution in [0.25, 0.3) is 10.2 Å². The van der Waals surface area contributed by atoms with E-state index in [-0.39, 0.29) is 0 Å². The number of nitrogens with zero attached hydrogens (tertiary/aromatic N) is 2. The first-order valence-corrected chi connectivity index (χ1v) is 7.74. The zero-order chi connectivity index (χ0) is 13.1. The Morgan fingerprint density at radius 1 is 1.42 bits per heavy atom. The Labute approximate surface area is 117 Å². The van der Waals surface area contributed by atoms with Gasteiger partial charge in [0.05, 0.1) is 48.3 Å². The number of quaternary nitrogens is 1. The van der Waals surface area contributed by atoms with E-state index in [0.717, 1.165) is 18.6 Å². The molecule has 0 spiro atoms. The monoisotopic (exact) mass is 272 g/mol. The molecule has 1 saturated heterocycles. The van der Waals surface area contributed by atoms with Gasteiger partial charge in [-0.15, -0.1) is 11.3 Å². The van der Waals surface area contributed by atoms with E-state index in [0.29, 0.717) is 12.3 Å². The maximum absolute atomic E-state index is 8.70. The molecular formula is C15H18N3S+. The van der Waals surface area contributed by atoms with Crippen LogP contribution in [0.3, 0.4) is 0 Å².